The summed E-state index contributed by atoms with van der Waals surface area (Å²) in [5, 5.41) is 0. The van der Waals surface area contributed by atoms with Gasteiger partial charge in [-0.15, -0.1) is 0 Å². The Balaban J connectivity index is 2.87. The van der Waals surface area contributed by atoms with Crippen LogP contribution in [0.2, 0.25) is 0 Å². The highest BCUT2D eigenvalue weighted by molar-refractivity contribution is 7.89. The minimum atomic E-state index is -4.20. The highest BCUT2D eigenvalue weighted by Gasteiger charge is 2.25. The fourth-order valence-corrected chi connectivity index (χ4v) is 3.15. The van der Waals surface area contributed by atoms with E-state index in [0.717, 1.165) is 25.3 Å². The summed E-state index contributed by atoms with van der Waals surface area (Å²) >= 11 is 0. The first kappa shape index (κ1) is 17.0. The third kappa shape index (κ3) is 4.21. The number of hydrogen-bond donors (Lipinski definition) is 1. The molecule has 1 aromatic rings. The number of unbranched alkanes of at least 4 members (excludes halogenated alkanes) is 2. The van der Waals surface area contributed by atoms with Gasteiger partial charge in [0.1, 0.15) is 4.90 Å². The molecule has 114 valence electrons. The molecule has 0 saturated carbocycles. The maximum atomic E-state index is 13.5. The fourth-order valence-electron chi connectivity index (χ4n) is 1.80. The van der Waals surface area contributed by atoms with Crippen molar-refractivity contribution in [3.63, 3.8) is 0 Å². The van der Waals surface area contributed by atoms with Gasteiger partial charge in [-0.25, -0.2) is 26.3 Å². The van der Waals surface area contributed by atoms with Crippen LogP contribution in [0, 0.1) is 17.5 Å². The average Bonchev–Trinajstić information content (AvgIpc) is 2.35. The summed E-state index contributed by atoms with van der Waals surface area (Å²) in [5.41, 5.74) is 0. The number of benzene rings is 1. The van der Waals surface area contributed by atoms with Crippen LogP contribution in [-0.2, 0) is 10.0 Å². The van der Waals surface area contributed by atoms with Crippen LogP contribution in [0.15, 0.2) is 17.0 Å². The van der Waals surface area contributed by atoms with Crippen molar-refractivity contribution in [1.29, 1.82) is 0 Å². The van der Waals surface area contributed by atoms with Crippen LogP contribution in [-0.4, -0.2) is 14.5 Å². The van der Waals surface area contributed by atoms with Gasteiger partial charge in [-0.05, 0) is 25.5 Å². The van der Waals surface area contributed by atoms with E-state index >= 15 is 0 Å². The summed E-state index contributed by atoms with van der Waals surface area (Å²) in [6, 6.07) is 0.905. The smallest absolute Gasteiger partial charge is 0.208 e. The molecule has 1 aromatic carbocycles. The topological polar surface area (TPSA) is 46.2 Å². The highest BCUT2D eigenvalue weighted by atomic mass is 32.2. The van der Waals surface area contributed by atoms with Crippen LogP contribution in [0.4, 0.5) is 13.2 Å². The average molecular weight is 309 g/mol. The summed E-state index contributed by atoms with van der Waals surface area (Å²) in [6.07, 6.45) is 3.39. The Bertz CT molecular complexity index is 561. The molecule has 0 aromatic heterocycles. The Morgan fingerprint density at radius 2 is 1.80 bits per heavy atom. The molecule has 7 heteroatoms. The van der Waals surface area contributed by atoms with Gasteiger partial charge in [-0.1, -0.05) is 26.2 Å². The SMILES string of the molecule is CCCCCC(C)NS(=O)(=O)c1ccc(F)c(F)c1F. The molecule has 1 atom stereocenters. The Morgan fingerprint density at radius 3 is 2.40 bits per heavy atom. The third-order valence-electron chi connectivity index (χ3n) is 2.89. The van der Waals surface area contributed by atoms with Gasteiger partial charge in [0.2, 0.25) is 10.0 Å². The van der Waals surface area contributed by atoms with E-state index in [1.165, 1.54) is 0 Å². The monoisotopic (exact) mass is 309 g/mol. The van der Waals surface area contributed by atoms with Crippen molar-refractivity contribution in [2.45, 2.75) is 50.5 Å². The minimum absolute atomic E-state index is 0.404. The van der Waals surface area contributed by atoms with Crippen molar-refractivity contribution in [2.24, 2.45) is 0 Å². The van der Waals surface area contributed by atoms with Crippen molar-refractivity contribution in [3.8, 4) is 0 Å². The Morgan fingerprint density at radius 1 is 1.15 bits per heavy atom. The molecule has 0 spiro atoms. The maximum Gasteiger partial charge on any atom is 0.243 e. The second-order valence-electron chi connectivity index (χ2n) is 4.69. The summed E-state index contributed by atoms with van der Waals surface area (Å²) in [4.78, 5) is -0.876. The van der Waals surface area contributed by atoms with Gasteiger partial charge in [0.05, 0.1) is 0 Å². The van der Waals surface area contributed by atoms with Gasteiger partial charge in [0.25, 0.3) is 0 Å². The molecule has 0 bridgehead atoms. The number of hydrogen-bond acceptors (Lipinski definition) is 2. The van der Waals surface area contributed by atoms with Gasteiger partial charge in [-0.2, -0.15) is 0 Å². The third-order valence-corrected chi connectivity index (χ3v) is 4.49. The van der Waals surface area contributed by atoms with E-state index in [1.807, 2.05) is 6.92 Å². The van der Waals surface area contributed by atoms with E-state index in [2.05, 4.69) is 4.72 Å². The molecule has 0 fully saturated rings. The first-order valence-corrected chi connectivity index (χ1v) is 7.93. The Hall–Kier alpha value is -1.08. The van der Waals surface area contributed by atoms with Crippen LogP contribution in [0.25, 0.3) is 0 Å². The van der Waals surface area contributed by atoms with Crippen LogP contribution < -0.4 is 4.72 Å². The van der Waals surface area contributed by atoms with Gasteiger partial charge < -0.3 is 0 Å². The second-order valence-corrected chi connectivity index (χ2v) is 6.37. The lowest BCUT2D eigenvalue weighted by atomic mass is 10.1. The largest absolute Gasteiger partial charge is 0.243 e. The number of nitrogens with one attached hydrogen (secondary N) is 1. The predicted molar refractivity (Wildman–Crippen MR) is 70.2 cm³/mol. The molecule has 1 rings (SSSR count). The molecule has 1 N–H and O–H groups in total. The molecule has 0 aliphatic carbocycles. The molecule has 0 aliphatic rings. The lowest BCUT2D eigenvalue weighted by Crippen LogP contribution is -2.33. The molecule has 20 heavy (non-hydrogen) atoms. The zero-order valence-electron chi connectivity index (χ0n) is 11.4. The molecule has 0 saturated heterocycles. The number of sulfonamides is 1. The van der Waals surface area contributed by atoms with Crippen molar-refractivity contribution >= 4 is 10.0 Å². The molecular formula is C13H18F3NO2S. The molecule has 0 heterocycles. The molecule has 1 unspecified atom stereocenters. The predicted octanol–water partition coefficient (Wildman–Crippen LogP) is 3.35. The van der Waals surface area contributed by atoms with Crippen LogP contribution in [0.3, 0.4) is 0 Å². The highest BCUT2D eigenvalue weighted by Crippen LogP contribution is 2.20. The quantitative estimate of drug-likeness (QED) is 0.620. The Labute approximate surface area is 117 Å². The molecule has 0 aliphatic heterocycles. The first-order chi connectivity index (χ1) is 9.29. The van der Waals surface area contributed by atoms with Crippen molar-refractivity contribution in [3.05, 3.63) is 29.6 Å². The molecule has 0 amide bonds. The van der Waals surface area contributed by atoms with Gasteiger partial charge in [0.15, 0.2) is 17.5 Å². The Kier molecular flexibility index (Phi) is 6.01. The van der Waals surface area contributed by atoms with Gasteiger partial charge >= 0.3 is 0 Å². The zero-order valence-corrected chi connectivity index (χ0v) is 12.2. The lowest BCUT2D eigenvalue weighted by Gasteiger charge is -2.14. The number of rotatable bonds is 7. The van der Waals surface area contributed by atoms with Crippen LogP contribution in [0.1, 0.15) is 39.5 Å². The van der Waals surface area contributed by atoms with Crippen molar-refractivity contribution < 1.29 is 21.6 Å². The van der Waals surface area contributed by atoms with Gasteiger partial charge in [-0.3, -0.25) is 0 Å². The van der Waals surface area contributed by atoms with Gasteiger partial charge in [0, 0.05) is 6.04 Å². The van der Waals surface area contributed by atoms with E-state index < -0.39 is 38.4 Å². The van der Waals surface area contributed by atoms with E-state index in [0.29, 0.717) is 12.5 Å². The lowest BCUT2D eigenvalue weighted by molar-refractivity contribution is 0.430. The zero-order chi connectivity index (χ0) is 15.3. The van der Waals surface area contributed by atoms with Crippen molar-refractivity contribution in [1.82, 2.24) is 4.72 Å². The fraction of sp³-hybridized carbons (Fsp3) is 0.538. The summed E-state index contributed by atoms with van der Waals surface area (Å²) in [7, 11) is -4.20. The van der Waals surface area contributed by atoms with Crippen molar-refractivity contribution in [2.75, 3.05) is 0 Å². The summed E-state index contributed by atoms with van der Waals surface area (Å²) in [5.74, 6) is -4.90. The summed E-state index contributed by atoms with van der Waals surface area (Å²) < 4.78 is 65.4. The van der Waals surface area contributed by atoms with Crippen LogP contribution >= 0.6 is 0 Å². The summed E-state index contributed by atoms with van der Waals surface area (Å²) in [6.45, 7) is 3.66. The maximum absolute atomic E-state index is 13.5. The first-order valence-electron chi connectivity index (χ1n) is 6.45. The molecule has 0 radical (unpaired) electrons. The minimum Gasteiger partial charge on any atom is -0.208 e. The van der Waals surface area contributed by atoms with E-state index in [9.17, 15) is 21.6 Å². The van der Waals surface area contributed by atoms with E-state index in [-0.39, 0.29) is 0 Å². The standard InChI is InChI=1S/C13H18F3NO2S/c1-3-4-5-6-9(2)17-20(18,19)11-8-7-10(14)12(15)13(11)16/h7-9,17H,3-6H2,1-2H3. The second kappa shape index (κ2) is 7.08. The van der Waals surface area contributed by atoms with Crippen LogP contribution in [0.5, 0.6) is 0 Å². The van der Waals surface area contributed by atoms with E-state index in [1.54, 1.807) is 6.92 Å². The normalized spacial score (nSPS) is 13.4. The molecule has 3 nitrogen and oxygen atoms in total. The number of halogens is 3. The van der Waals surface area contributed by atoms with E-state index in [4.69, 9.17) is 0 Å². The molecular weight excluding hydrogens is 291 g/mol.